The van der Waals surface area contributed by atoms with Gasteiger partial charge in [-0.05, 0) is 36.4 Å². The van der Waals surface area contributed by atoms with Crippen LogP contribution in [0.3, 0.4) is 0 Å². The van der Waals surface area contributed by atoms with Gasteiger partial charge in [0.05, 0.1) is 14.2 Å². The third-order valence-electron chi connectivity index (χ3n) is 4.19. The highest BCUT2D eigenvalue weighted by Gasteiger charge is 2.21. The Morgan fingerprint density at radius 2 is 1.86 bits per heavy atom. The van der Waals surface area contributed by atoms with Gasteiger partial charge >= 0.3 is 0 Å². The first-order valence-electron chi connectivity index (χ1n) is 8.57. The minimum absolute atomic E-state index is 0.00561. The fourth-order valence-corrected chi connectivity index (χ4v) is 4.95. The molecule has 0 aliphatic heterocycles. The molecule has 0 aliphatic carbocycles. The molecule has 29 heavy (non-hydrogen) atoms. The molecule has 0 saturated carbocycles. The van der Waals surface area contributed by atoms with Crippen molar-refractivity contribution in [2.24, 2.45) is 0 Å². The van der Waals surface area contributed by atoms with E-state index in [1.807, 2.05) is 18.2 Å². The van der Waals surface area contributed by atoms with Gasteiger partial charge in [0.2, 0.25) is 0 Å². The summed E-state index contributed by atoms with van der Waals surface area (Å²) in [6.07, 6.45) is 1.72. The van der Waals surface area contributed by atoms with Gasteiger partial charge in [-0.3, -0.25) is 4.72 Å². The molecule has 0 atom stereocenters. The molecule has 0 aliphatic rings. The van der Waals surface area contributed by atoms with E-state index >= 15 is 0 Å². The Bertz CT molecular complexity index is 1250. The number of rotatable bonds is 6. The number of anilines is 1. The topological polar surface area (TPSA) is 90.4 Å². The van der Waals surface area contributed by atoms with Gasteiger partial charge in [-0.2, -0.15) is 0 Å². The molecule has 4 rings (SSSR count). The van der Waals surface area contributed by atoms with Crippen molar-refractivity contribution in [3.8, 4) is 22.1 Å². The molecule has 7 nitrogen and oxygen atoms in total. The van der Waals surface area contributed by atoms with E-state index in [4.69, 9.17) is 9.47 Å². The van der Waals surface area contributed by atoms with Crippen LogP contribution in [0.25, 0.3) is 20.9 Å². The van der Waals surface area contributed by atoms with Crippen LogP contribution in [0.2, 0.25) is 0 Å². The van der Waals surface area contributed by atoms with Crippen LogP contribution in [-0.2, 0) is 10.0 Å². The number of fused-ring (bicyclic) bond motifs is 1. The Morgan fingerprint density at radius 3 is 2.62 bits per heavy atom. The van der Waals surface area contributed by atoms with E-state index in [0.29, 0.717) is 11.4 Å². The van der Waals surface area contributed by atoms with Gasteiger partial charge in [0, 0.05) is 23.5 Å². The first-order valence-corrected chi connectivity index (χ1v) is 10.9. The second-order valence-corrected chi connectivity index (χ2v) is 8.68. The fraction of sp³-hybridized carbons (Fsp3) is 0.100. The molecule has 0 unspecified atom stereocenters. The SMILES string of the molecule is COc1ccc(OC)c(S(=O)(=O)Nc2cccc(-c3nc4cccnc4s3)c2)c1. The summed E-state index contributed by atoms with van der Waals surface area (Å²) in [5.41, 5.74) is 2.02. The number of sulfonamides is 1. The maximum Gasteiger partial charge on any atom is 0.265 e. The van der Waals surface area contributed by atoms with Crippen LogP contribution in [0.4, 0.5) is 5.69 Å². The number of pyridine rings is 1. The Balaban J connectivity index is 1.69. The second kappa shape index (κ2) is 7.69. The number of benzene rings is 2. The van der Waals surface area contributed by atoms with Crippen molar-refractivity contribution in [2.45, 2.75) is 4.90 Å². The summed E-state index contributed by atoms with van der Waals surface area (Å²) in [6.45, 7) is 0. The van der Waals surface area contributed by atoms with E-state index in [2.05, 4.69) is 14.7 Å². The molecule has 0 saturated heterocycles. The van der Waals surface area contributed by atoms with Gasteiger partial charge in [0.1, 0.15) is 31.7 Å². The Morgan fingerprint density at radius 1 is 1.00 bits per heavy atom. The second-order valence-electron chi connectivity index (χ2n) is 6.05. The fourth-order valence-electron chi connectivity index (χ4n) is 2.81. The van der Waals surface area contributed by atoms with Crippen molar-refractivity contribution in [2.75, 3.05) is 18.9 Å². The number of hydrogen-bond donors (Lipinski definition) is 1. The normalized spacial score (nSPS) is 11.4. The lowest BCUT2D eigenvalue weighted by atomic mass is 10.2. The van der Waals surface area contributed by atoms with E-state index < -0.39 is 10.0 Å². The molecule has 9 heteroatoms. The van der Waals surface area contributed by atoms with Crippen LogP contribution in [0, 0.1) is 0 Å². The zero-order valence-electron chi connectivity index (χ0n) is 15.6. The largest absolute Gasteiger partial charge is 0.497 e. The Hall–Kier alpha value is -3.17. The summed E-state index contributed by atoms with van der Waals surface area (Å²) in [5, 5.41) is 0.763. The van der Waals surface area contributed by atoms with E-state index in [-0.39, 0.29) is 10.6 Å². The predicted molar refractivity (Wildman–Crippen MR) is 113 cm³/mol. The van der Waals surface area contributed by atoms with E-state index in [1.165, 1.54) is 31.6 Å². The van der Waals surface area contributed by atoms with Crippen molar-refractivity contribution in [3.05, 3.63) is 60.8 Å². The molecule has 1 N–H and O–H groups in total. The van der Waals surface area contributed by atoms with Crippen LogP contribution in [0.1, 0.15) is 0 Å². The smallest absolute Gasteiger partial charge is 0.265 e. The molecule has 0 radical (unpaired) electrons. The first-order chi connectivity index (χ1) is 14.0. The first kappa shape index (κ1) is 19.2. The minimum Gasteiger partial charge on any atom is -0.497 e. The molecule has 0 bridgehead atoms. The lowest BCUT2D eigenvalue weighted by Gasteiger charge is -2.13. The molecule has 0 spiro atoms. The highest BCUT2D eigenvalue weighted by molar-refractivity contribution is 7.92. The van der Waals surface area contributed by atoms with Gasteiger partial charge in [-0.1, -0.05) is 23.5 Å². The molecule has 0 fully saturated rings. The zero-order chi connectivity index (χ0) is 20.4. The molecule has 148 valence electrons. The monoisotopic (exact) mass is 427 g/mol. The van der Waals surface area contributed by atoms with Crippen LogP contribution >= 0.6 is 11.3 Å². The molecule has 2 aromatic heterocycles. The van der Waals surface area contributed by atoms with Crippen LogP contribution in [-0.4, -0.2) is 32.6 Å². The maximum absolute atomic E-state index is 13.0. The number of nitrogens with zero attached hydrogens (tertiary/aromatic N) is 2. The highest BCUT2D eigenvalue weighted by atomic mass is 32.2. The average Bonchev–Trinajstić information content (AvgIpc) is 3.17. The van der Waals surface area contributed by atoms with Gasteiger partial charge in [0.15, 0.2) is 0 Å². The van der Waals surface area contributed by atoms with Gasteiger partial charge in [0.25, 0.3) is 10.0 Å². The number of nitrogens with one attached hydrogen (secondary N) is 1. The maximum atomic E-state index is 13.0. The molecular formula is C20H17N3O4S2. The number of aromatic nitrogens is 2. The van der Waals surface area contributed by atoms with Gasteiger partial charge in [-0.25, -0.2) is 18.4 Å². The Kier molecular flexibility index (Phi) is 5.08. The lowest BCUT2D eigenvalue weighted by Crippen LogP contribution is -2.14. The standard InChI is InChI=1S/C20H17N3O4S2/c1-26-15-8-9-17(27-2)18(12-15)29(24,25)23-14-6-3-5-13(11-14)19-22-16-7-4-10-21-20(16)28-19/h3-12,23H,1-2H3. The van der Waals surface area contributed by atoms with Crippen molar-refractivity contribution in [1.29, 1.82) is 0 Å². The van der Waals surface area contributed by atoms with Gasteiger partial charge < -0.3 is 9.47 Å². The Labute approximate surface area is 172 Å². The summed E-state index contributed by atoms with van der Waals surface area (Å²) < 4.78 is 38.9. The molecule has 0 amide bonds. The molecule has 2 aromatic carbocycles. The van der Waals surface area contributed by atoms with Gasteiger partial charge in [-0.15, -0.1) is 0 Å². The highest BCUT2D eigenvalue weighted by Crippen LogP contribution is 2.32. The predicted octanol–water partition coefficient (Wildman–Crippen LogP) is 4.18. The summed E-state index contributed by atoms with van der Waals surface area (Å²) in [5.74, 6) is 0.647. The molecule has 4 aromatic rings. The minimum atomic E-state index is -3.90. The number of thiazole rings is 1. The van der Waals surface area contributed by atoms with Crippen LogP contribution in [0.15, 0.2) is 65.7 Å². The number of methoxy groups -OCH3 is 2. The zero-order valence-corrected chi connectivity index (χ0v) is 17.3. The van der Waals surface area contributed by atoms with Crippen LogP contribution < -0.4 is 14.2 Å². The number of ether oxygens (including phenoxy) is 2. The lowest BCUT2D eigenvalue weighted by molar-refractivity contribution is 0.392. The van der Waals surface area contributed by atoms with Crippen molar-refractivity contribution >= 4 is 37.4 Å². The van der Waals surface area contributed by atoms with Crippen molar-refractivity contribution in [1.82, 2.24) is 9.97 Å². The summed E-state index contributed by atoms with van der Waals surface area (Å²) in [7, 11) is -1.00. The molecule has 2 heterocycles. The average molecular weight is 428 g/mol. The third-order valence-corrected chi connectivity index (χ3v) is 6.62. The van der Waals surface area contributed by atoms with E-state index in [1.54, 1.807) is 36.5 Å². The quantitative estimate of drug-likeness (QED) is 0.497. The van der Waals surface area contributed by atoms with E-state index in [0.717, 1.165) is 20.9 Å². The molecular weight excluding hydrogens is 410 g/mol. The summed E-state index contributed by atoms with van der Waals surface area (Å²) in [4.78, 5) is 9.70. The summed E-state index contributed by atoms with van der Waals surface area (Å²) >= 11 is 1.45. The van der Waals surface area contributed by atoms with Crippen molar-refractivity contribution < 1.29 is 17.9 Å². The third kappa shape index (κ3) is 3.87. The van der Waals surface area contributed by atoms with E-state index in [9.17, 15) is 8.42 Å². The number of hydrogen-bond acceptors (Lipinski definition) is 7. The van der Waals surface area contributed by atoms with Crippen LogP contribution in [0.5, 0.6) is 11.5 Å². The summed E-state index contributed by atoms with van der Waals surface area (Å²) in [6, 6.07) is 15.4. The van der Waals surface area contributed by atoms with Crippen molar-refractivity contribution in [3.63, 3.8) is 0 Å².